The van der Waals surface area contributed by atoms with Gasteiger partial charge in [0.1, 0.15) is 12.4 Å². The van der Waals surface area contributed by atoms with Crippen molar-refractivity contribution in [1.82, 2.24) is 0 Å². The third kappa shape index (κ3) is 7.18. The Hall–Kier alpha value is -5.08. The van der Waals surface area contributed by atoms with Crippen LogP contribution in [0.5, 0.6) is 5.75 Å². The lowest BCUT2D eigenvalue weighted by Crippen LogP contribution is -2.30. The normalized spacial score (nSPS) is 14.0. The fourth-order valence-electron chi connectivity index (χ4n) is 7.27. The third-order valence-corrected chi connectivity index (χ3v) is 9.76. The highest BCUT2D eigenvalue weighted by molar-refractivity contribution is 5.76. The molecule has 0 radical (unpaired) electrons. The van der Waals surface area contributed by atoms with Crippen LogP contribution in [0.3, 0.4) is 0 Å². The summed E-state index contributed by atoms with van der Waals surface area (Å²) in [6, 6.07) is 59.0. The van der Waals surface area contributed by atoms with Crippen LogP contribution in [0.15, 0.2) is 164 Å². The Bertz CT molecular complexity index is 1790. The molecule has 1 aliphatic carbocycles. The van der Waals surface area contributed by atoms with E-state index in [0.717, 1.165) is 35.7 Å². The Morgan fingerprint density at radius 2 is 0.979 bits per heavy atom. The molecule has 0 spiro atoms. The molecule has 234 valence electrons. The summed E-state index contributed by atoms with van der Waals surface area (Å²) in [4.78, 5) is 2.30. The number of hydrogen-bond acceptors (Lipinski definition) is 2. The van der Waals surface area contributed by atoms with E-state index < -0.39 is 0 Å². The number of benzene rings is 6. The van der Waals surface area contributed by atoms with Gasteiger partial charge in [0.2, 0.25) is 0 Å². The molecular weight excluding hydrogens is 571 g/mol. The average Bonchev–Trinajstić information content (AvgIpc) is 3.16. The Morgan fingerprint density at radius 1 is 0.447 bits per heavy atom. The van der Waals surface area contributed by atoms with Crippen molar-refractivity contribution >= 4 is 17.1 Å². The third-order valence-electron chi connectivity index (χ3n) is 9.76. The van der Waals surface area contributed by atoms with Crippen molar-refractivity contribution in [3.05, 3.63) is 192 Å². The van der Waals surface area contributed by atoms with Crippen LogP contribution >= 0.6 is 0 Å². The predicted molar refractivity (Wildman–Crippen MR) is 196 cm³/mol. The maximum absolute atomic E-state index is 6.29. The fraction of sp³-hybridized carbons (Fsp3) is 0.200. The summed E-state index contributed by atoms with van der Waals surface area (Å²) in [5, 5.41) is 0. The van der Waals surface area contributed by atoms with Crippen molar-refractivity contribution in [2.75, 3.05) is 4.90 Å². The smallest absolute Gasteiger partial charge is 0.119 e. The lowest BCUT2D eigenvalue weighted by atomic mass is 9.65. The van der Waals surface area contributed by atoms with Crippen LogP contribution in [-0.4, -0.2) is 0 Å². The summed E-state index contributed by atoms with van der Waals surface area (Å²) in [6.07, 6.45) is 8.33. The zero-order valence-corrected chi connectivity index (χ0v) is 27.1. The fourth-order valence-corrected chi connectivity index (χ4v) is 7.27. The summed E-state index contributed by atoms with van der Waals surface area (Å²) >= 11 is 0. The number of hydrogen-bond donors (Lipinski definition) is 0. The molecule has 0 amide bonds. The van der Waals surface area contributed by atoms with E-state index in [4.69, 9.17) is 4.74 Å². The van der Waals surface area contributed by atoms with Gasteiger partial charge in [0.25, 0.3) is 0 Å². The van der Waals surface area contributed by atoms with Crippen molar-refractivity contribution in [2.24, 2.45) is 0 Å². The Balaban J connectivity index is 0.977. The molecule has 1 aliphatic rings. The molecule has 0 saturated heterocycles. The quantitative estimate of drug-likeness (QED) is 0.144. The molecule has 0 bridgehead atoms. The van der Waals surface area contributed by atoms with Gasteiger partial charge in [0, 0.05) is 22.5 Å². The van der Waals surface area contributed by atoms with Gasteiger partial charge in [-0.15, -0.1) is 0 Å². The van der Waals surface area contributed by atoms with Crippen molar-refractivity contribution in [1.29, 1.82) is 0 Å². The van der Waals surface area contributed by atoms with E-state index in [9.17, 15) is 0 Å². The standard InChI is InChI=1S/C45H43NO/c1-5-16-39(17-6-1)45(32-11-4-12-33-45)40-26-30-44(31-27-40)47-35-38-15-13-14-37(34-38)23-22-36-24-28-43(29-25-36)46(41-18-7-2-8-19-41)42-20-9-3-10-21-42/h1-3,5-10,13-21,24-31,34H,4,11-12,22-23,32-33,35H2. The highest BCUT2D eigenvalue weighted by atomic mass is 16.5. The first-order chi connectivity index (χ1) is 23.3. The number of anilines is 3. The topological polar surface area (TPSA) is 12.5 Å². The maximum Gasteiger partial charge on any atom is 0.119 e. The van der Waals surface area contributed by atoms with Crippen molar-refractivity contribution in [2.45, 2.75) is 57.0 Å². The molecule has 2 nitrogen and oxygen atoms in total. The van der Waals surface area contributed by atoms with Crippen molar-refractivity contribution in [3.63, 3.8) is 0 Å². The van der Waals surface area contributed by atoms with Gasteiger partial charge in [-0.2, -0.15) is 0 Å². The summed E-state index contributed by atoms with van der Waals surface area (Å²) in [7, 11) is 0. The number of aryl methyl sites for hydroxylation is 2. The largest absolute Gasteiger partial charge is 0.489 e. The van der Waals surface area contributed by atoms with Gasteiger partial charge in [0.05, 0.1) is 0 Å². The van der Waals surface area contributed by atoms with E-state index in [1.54, 1.807) is 0 Å². The van der Waals surface area contributed by atoms with Gasteiger partial charge < -0.3 is 9.64 Å². The van der Waals surface area contributed by atoms with Crippen LogP contribution in [0.25, 0.3) is 0 Å². The Morgan fingerprint density at radius 3 is 1.62 bits per heavy atom. The van der Waals surface area contributed by atoms with Crippen LogP contribution < -0.4 is 9.64 Å². The number of nitrogens with zero attached hydrogens (tertiary/aromatic N) is 1. The molecule has 7 rings (SSSR count). The van der Waals surface area contributed by atoms with Crippen LogP contribution in [0.2, 0.25) is 0 Å². The molecule has 1 saturated carbocycles. The average molecular weight is 614 g/mol. The van der Waals surface area contributed by atoms with Gasteiger partial charge in [-0.3, -0.25) is 0 Å². The highest BCUT2D eigenvalue weighted by Crippen LogP contribution is 2.45. The Kier molecular flexibility index (Phi) is 9.47. The molecule has 1 fully saturated rings. The lowest BCUT2D eigenvalue weighted by Gasteiger charge is -2.38. The molecule has 6 aromatic rings. The molecule has 0 N–H and O–H groups in total. The van der Waals surface area contributed by atoms with E-state index >= 15 is 0 Å². The van der Waals surface area contributed by atoms with Gasteiger partial charge >= 0.3 is 0 Å². The second-order valence-electron chi connectivity index (χ2n) is 12.8. The minimum Gasteiger partial charge on any atom is -0.489 e. The molecule has 0 aliphatic heterocycles. The van der Waals surface area contributed by atoms with Crippen LogP contribution in [0.4, 0.5) is 17.1 Å². The molecule has 0 atom stereocenters. The minimum atomic E-state index is 0.121. The summed E-state index contributed by atoms with van der Waals surface area (Å²) < 4.78 is 6.29. The molecular formula is C45H43NO. The van der Waals surface area contributed by atoms with E-state index in [0.29, 0.717) is 6.61 Å². The van der Waals surface area contributed by atoms with Crippen LogP contribution in [0.1, 0.15) is 59.9 Å². The van der Waals surface area contributed by atoms with E-state index in [1.807, 2.05) is 0 Å². The first kappa shape index (κ1) is 30.6. The highest BCUT2D eigenvalue weighted by Gasteiger charge is 2.35. The van der Waals surface area contributed by atoms with Gasteiger partial charge in [-0.25, -0.2) is 0 Å². The SMILES string of the molecule is c1ccc(N(c2ccccc2)c2ccc(CCc3cccc(COc4ccc(C5(c6ccccc6)CCCCC5)cc4)c3)cc2)cc1. The predicted octanol–water partition coefficient (Wildman–Crippen LogP) is 11.8. The van der Waals surface area contributed by atoms with E-state index in [1.165, 1.54) is 59.9 Å². The molecule has 47 heavy (non-hydrogen) atoms. The number of ether oxygens (including phenoxy) is 1. The second kappa shape index (κ2) is 14.6. The van der Waals surface area contributed by atoms with Crippen LogP contribution in [0, 0.1) is 0 Å². The molecule has 0 heterocycles. The second-order valence-corrected chi connectivity index (χ2v) is 12.8. The van der Waals surface area contributed by atoms with Crippen molar-refractivity contribution < 1.29 is 4.74 Å². The monoisotopic (exact) mass is 613 g/mol. The Labute approximate surface area is 280 Å². The van der Waals surface area contributed by atoms with Gasteiger partial charge in [-0.05, 0) is 102 Å². The minimum absolute atomic E-state index is 0.121. The van der Waals surface area contributed by atoms with Crippen molar-refractivity contribution in [3.8, 4) is 5.75 Å². The van der Waals surface area contributed by atoms with Gasteiger partial charge in [-0.1, -0.05) is 135 Å². The first-order valence-electron chi connectivity index (χ1n) is 17.1. The van der Waals surface area contributed by atoms with Gasteiger partial charge in [0.15, 0.2) is 0 Å². The zero-order chi connectivity index (χ0) is 31.7. The summed E-state index contributed by atoms with van der Waals surface area (Å²) in [5.74, 6) is 0.929. The maximum atomic E-state index is 6.29. The summed E-state index contributed by atoms with van der Waals surface area (Å²) in [6.45, 7) is 0.570. The molecule has 6 aromatic carbocycles. The molecule has 0 unspecified atom stereocenters. The summed E-state index contributed by atoms with van der Waals surface area (Å²) in [5.41, 5.74) is 10.3. The lowest BCUT2D eigenvalue weighted by molar-refractivity contribution is 0.305. The molecule has 2 heteroatoms. The number of rotatable bonds is 11. The first-order valence-corrected chi connectivity index (χ1v) is 17.1. The molecule has 0 aromatic heterocycles. The number of para-hydroxylation sites is 2. The van der Waals surface area contributed by atoms with E-state index in [2.05, 4.69) is 169 Å². The zero-order valence-electron chi connectivity index (χ0n) is 27.1. The van der Waals surface area contributed by atoms with E-state index in [-0.39, 0.29) is 5.41 Å². The van der Waals surface area contributed by atoms with Crippen LogP contribution in [-0.2, 0) is 24.9 Å².